The zero-order valence-corrected chi connectivity index (χ0v) is 20.8. The number of benzene rings is 2. The van der Waals surface area contributed by atoms with E-state index in [4.69, 9.17) is 34.8 Å². The Morgan fingerprint density at radius 1 is 1.20 bits per heavy atom. The van der Waals surface area contributed by atoms with Gasteiger partial charge in [-0.05, 0) is 48.2 Å². The van der Waals surface area contributed by atoms with E-state index in [1.54, 1.807) is 36.4 Å². The topological polar surface area (TPSA) is 102 Å². The van der Waals surface area contributed by atoms with Crippen LogP contribution in [0.1, 0.15) is 41.6 Å². The van der Waals surface area contributed by atoms with Crippen LogP contribution in [0, 0.1) is 17.2 Å². The van der Waals surface area contributed by atoms with Crippen molar-refractivity contribution in [2.24, 2.45) is 5.92 Å². The fraction of sp³-hybridized carbons (Fsp3) is 0.360. The molecule has 0 unspecified atom stereocenters. The number of anilines is 1. The molecule has 2 aliphatic heterocycles. The first kappa shape index (κ1) is 23.9. The molecule has 5 rings (SSSR count). The Kier molecular flexibility index (Phi) is 6.16. The molecule has 3 atom stereocenters. The molecule has 0 bridgehead atoms. The van der Waals surface area contributed by atoms with Gasteiger partial charge in [0, 0.05) is 23.7 Å². The van der Waals surface area contributed by atoms with Gasteiger partial charge in [-0.3, -0.25) is 14.4 Å². The fourth-order valence-corrected chi connectivity index (χ4v) is 5.79. The Labute approximate surface area is 217 Å². The molecule has 180 valence electrons. The molecular weight excluding hydrogens is 511 g/mol. The van der Waals surface area contributed by atoms with Gasteiger partial charge in [0.1, 0.15) is 12.1 Å². The van der Waals surface area contributed by atoms with Gasteiger partial charge in [0.15, 0.2) is 0 Å². The van der Waals surface area contributed by atoms with Gasteiger partial charge in [0.2, 0.25) is 11.8 Å². The number of nitrogens with zero attached hydrogens (tertiary/aromatic N) is 2. The van der Waals surface area contributed by atoms with Crippen molar-refractivity contribution in [3.63, 3.8) is 0 Å². The normalized spacial score (nSPS) is 23.5. The van der Waals surface area contributed by atoms with Gasteiger partial charge in [-0.25, -0.2) is 0 Å². The van der Waals surface area contributed by atoms with Gasteiger partial charge in [-0.15, -0.1) is 0 Å². The van der Waals surface area contributed by atoms with Crippen LogP contribution >= 0.6 is 34.8 Å². The number of carbonyl (C=O) groups excluding carboxylic acids is 3. The van der Waals surface area contributed by atoms with Crippen LogP contribution in [-0.4, -0.2) is 41.2 Å². The van der Waals surface area contributed by atoms with Crippen molar-refractivity contribution in [3.8, 4) is 6.07 Å². The van der Waals surface area contributed by atoms with Crippen LogP contribution in [0.4, 0.5) is 5.69 Å². The summed E-state index contributed by atoms with van der Waals surface area (Å²) in [6.45, 7) is 0.0210. The highest BCUT2D eigenvalue weighted by molar-refractivity contribution is 6.39. The molecule has 2 fully saturated rings. The Hall–Kier alpha value is -2.79. The maximum absolute atomic E-state index is 13.8. The van der Waals surface area contributed by atoms with E-state index in [-0.39, 0.29) is 34.5 Å². The van der Waals surface area contributed by atoms with E-state index in [0.717, 1.165) is 12.8 Å². The maximum Gasteiger partial charge on any atom is 0.254 e. The van der Waals surface area contributed by atoms with Crippen molar-refractivity contribution in [1.29, 1.82) is 5.26 Å². The molecule has 2 heterocycles. The summed E-state index contributed by atoms with van der Waals surface area (Å²) in [6, 6.07) is 10.3. The highest BCUT2D eigenvalue weighted by Gasteiger charge is 2.56. The van der Waals surface area contributed by atoms with Crippen LogP contribution in [0.2, 0.25) is 15.1 Å². The minimum absolute atomic E-state index is 0.0210. The molecule has 0 aromatic heterocycles. The third-order valence-electron chi connectivity index (χ3n) is 7.03. The van der Waals surface area contributed by atoms with Gasteiger partial charge in [-0.1, -0.05) is 53.7 Å². The maximum atomic E-state index is 13.8. The first-order chi connectivity index (χ1) is 16.7. The molecule has 1 saturated heterocycles. The van der Waals surface area contributed by atoms with E-state index in [1.807, 2.05) is 0 Å². The number of fused-ring (bicyclic) bond motifs is 2. The van der Waals surface area contributed by atoms with Crippen LogP contribution in [0.15, 0.2) is 36.4 Å². The van der Waals surface area contributed by atoms with E-state index in [2.05, 4.69) is 16.7 Å². The van der Waals surface area contributed by atoms with Crippen LogP contribution in [-0.2, 0) is 15.0 Å². The largest absolute Gasteiger partial charge is 0.340 e. The van der Waals surface area contributed by atoms with Crippen molar-refractivity contribution in [2.45, 2.75) is 43.2 Å². The second-order valence-electron chi connectivity index (χ2n) is 9.34. The average molecular weight is 532 g/mol. The van der Waals surface area contributed by atoms with E-state index in [9.17, 15) is 19.6 Å². The molecule has 35 heavy (non-hydrogen) atoms. The predicted molar refractivity (Wildman–Crippen MR) is 133 cm³/mol. The third-order valence-corrected chi connectivity index (χ3v) is 7.89. The summed E-state index contributed by atoms with van der Waals surface area (Å²) in [7, 11) is 0. The van der Waals surface area contributed by atoms with Gasteiger partial charge in [-0.2, -0.15) is 5.26 Å². The number of carbonyl (C=O) groups is 3. The number of nitrogens with one attached hydrogen (secondary N) is 2. The van der Waals surface area contributed by atoms with Crippen LogP contribution < -0.4 is 10.6 Å². The number of hydrogen-bond donors (Lipinski definition) is 2. The molecule has 2 aromatic carbocycles. The van der Waals surface area contributed by atoms with Gasteiger partial charge >= 0.3 is 0 Å². The highest BCUT2D eigenvalue weighted by Crippen LogP contribution is 2.47. The van der Waals surface area contributed by atoms with Crippen molar-refractivity contribution in [2.75, 3.05) is 11.9 Å². The summed E-state index contributed by atoms with van der Waals surface area (Å²) in [5.74, 6) is -0.925. The van der Waals surface area contributed by atoms with Crippen molar-refractivity contribution < 1.29 is 14.4 Å². The Morgan fingerprint density at radius 3 is 2.57 bits per heavy atom. The molecule has 0 radical (unpaired) electrons. The van der Waals surface area contributed by atoms with Gasteiger partial charge in [0.05, 0.1) is 27.1 Å². The van der Waals surface area contributed by atoms with E-state index < -0.39 is 29.3 Å². The standard InChI is InChI=1S/C25H21Cl3N4O3/c26-14-6-7-19-16(9-14)25(24(35)31-19)10-15(11-29)32(12-25)23(34)20(8-13-4-5-13)30-22(33)21-17(27)2-1-3-18(21)28/h1-3,6-7,9,13,15,20H,4-5,8,10,12H2,(H,30,33)(H,31,35)/t15-,20-,25-/m0/s1. The zero-order chi connectivity index (χ0) is 24.9. The lowest BCUT2D eigenvalue weighted by molar-refractivity contribution is -0.133. The molecule has 1 saturated carbocycles. The number of nitriles is 1. The quantitative estimate of drug-likeness (QED) is 0.590. The van der Waals surface area contributed by atoms with Gasteiger partial charge < -0.3 is 15.5 Å². The van der Waals surface area contributed by atoms with Gasteiger partial charge in [0.25, 0.3) is 5.91 Å². The minimum Gasteiger partial charge on any atom is -0.340 e. The van der Waals surface area contributed by atoms with Crippen molar-refractivity contribution >= 4 is 58.2 Å². The number of rotatable bonds is 5. The monoisotopic (exact) mass is 530 g/mol. The molecular formula is C25H21Cl3N4O3. The van der Waals surface area contributed by atoms with Crippen molar-refractivity contribution in [3.05, 3.63) is 62.6 Å². The summed E-state index contributed by atoms with van der Waals surface area (Å²) in [5.41, 5.74) is 0.326. The second kappa shape index (κ2) is 9.02. The lowest BCUT2D eigenvalue weighted by Crippen LogP contribution is -2.51. The highest BCUT2D eigenvalue weighted by atomic mass is 35.5. The lowest BCUT2D eigenvalue weighted by Gasteiger charge is -2.28. The minimum atomic E-state index is -1.07. The SMILES string of the molecule is N#C[C@@H]1C[C@@]2(CN1C(=O)[C@H](CC1CC1)NC(=O)c1c(Cl)cccc1Cl)C(=O)Nc1ccc(Cl)cc12. The smallest absolute Gasteiger partial charge is 0.254 e. The molecule has 3 aliphatic rings. The third kappa shape index (κ3) is 4.24. The number of likely N-dealkylation sites (tertiary alicyclic amines) is 1. The van der Waals surface area contributed by atoms with E-state index >= 15 is 0 Å². The zero-order valence-electron chi connectivity index (χ0n) is 18.5. The first-order valence-electron chi connectivity index (χ1n) is 11.3. The second-order valence-corrected chi connectivity index (χ2v) is 10.6. The Bertz CT molecular complexity index is 1270. The Balaban J connectivity index is 1.44. The van der Waals surface area contributed by atoms with Crippen LogP contribution in [0.5, 0.6) is 0 Å². The number of halogens is 3. The van der Waals surface area contributed by atoms with E-state index in [1.165, 1.54) is 4.90 Å². The molecule has 3 amide bonds. The Morgan fingerprint density at radius 2 is 1.91 bits per heavy atom. The molecule has 1 spiro atoms. The summed E-state index contributed by atoms with van der Waals surface area (Å²) >= 11 is 18.6. The molecule has 2 N–H and O–H groups in total. The number of amides is 3. The molecule has 1 aliphatic carbocycles. The predicted octanol–water partition coefficient (Wildman–Crippen LogP) is 4.56. The molecule has 2 aromatic rings. The summed E-state index contributed by atoms with van der Waals surface area (Å²) in [6.07, 6.45) is 2.51. The first-order valence-corrected chi connectivity index (χ1v) is 12.4. The number of hydrogen-bond acceptors (Lipinski definition) is 4. The van der Waals surface area contributed by atoms with E-state index in [0.29, 0.717) is 28.6 Å². The average Bonchev–Trinajstić information content (AvgIpc) is 3.49. The van der Waals surface area contributed by atoms with Crippen LogP contribution in [0.25, 0.3) is 0 Å². The molecule has 7 nitrogen and oxygen atoms in total. The summed E-state index contributed by atoms with van der Waals surface area (Å²) < 4.78 is 0. The lowest BCUT2D eigenvalue weighted by atomic mass is 9.80. The fourth-order valence-electron chi connectivity index (χ4n) is 5.05. The summed E-state index contributed by atoms with van der Waals surface area (Å²) in [5, 5.41) is 16.4. The molecule has 10 heteroatoms. The summed E-state index contributed by atoms with van der Waals surface area (Å²) in [4.78, 5) is 41.4. The van der Waals surface area contributed by atoms with Crippen molar-refractivity contribution in [1.82, 2.24) is 10.2 Å². The van der Waals surface area contributed by atoms with Crippen LogP contribution in [0.3, 0.4) is 0 Å².